The monoisotopic (exact) mass is 212 g/mol. The molecular weight excluding hydrogens is 196 g/mol. The average Bonchev–Trinajstić information content (AvgIpc) is 2.75. The molecule has 1 saturated carbocycles. The van der Waals surface area contributed by atoms with Gasteiger partial charge in [-0.25, -0.2) is 0 Å². The smallest absolute Gasteiger partial charge is 0.170 e. The molecule has 0 aromatic rings. The van der Waals surface area contributed by atoms with Gasteiger partial charge in [0.2, 0.25) is 0 Å². The lowest BCUT2D eigenvalue weighted by atomic mass is 10.4. The van der Waals surface area contributed by atoms with E-state index in [9.17, 15) is 9.59 Å². The molecule has 0 aromatic carbocycles. The van der Waals surface area contributed by atoms with Crippen LogP contribution in [0.5, 0.6) is 0 Å². The van der Waals surface area contributed by atoms with E-state index in [4.69, 9.17) is 4.74 Å². The van der Waals surface area contributed by atoms with Gasteiger partial charge in [0.15, 0.2) is 11.6 Å². The van der Waals surface area contributed by atoms with Crippen molar-refractivity contribution in [1.82, 2.24) is 0 Å². The van der Waals surface area contributed by atoms with Crippen LogP contribution in [0.25, 0.3) is 0 Å². The van der Waals surface area contributed by atoms with Crippen LogP contribution in [-0.2, 0) is 14.3 Å². The topological polar surface area (TPSA) is 43.4 Å². The largest absolute Gasteiger partial charge is 0.494 e. The highest BCUT2D eigenvalue weighted by Crippen LogP contribution is 2.32. The lowest BCUT2D eigenvalue weighted by Gasteiger charge is -2.09. The van der Waals surface area contributed by atoms with Crippen molar-refractivity contribution in [2.45, 2.75) is 51.6 Å². The summed E-state index contributed by atoms with van der Waals surface area (Å²) in [5.41, 5.74) is 0.369. The summed E-state index contributed by atoms with van der Waals surface area (Å²) in [5, 5.41) is 0. The van der Waals surface area contributed by atoms with E-state index in [1.807, 2.05) is 0 Å². The maximum atomic E-state index is 11.5. The molecule has 0 unspecified atom stereocenters. The summed E-state index contributed by atoms with van der Waals surface area (Å²) in [7, 11) is 0. The fraction of sp³-hybridized carbons (Fsp3) is 0.667. The molecule has 0 amide bonds. The Labute approximate surface area is 89.5 Å². The van der Waals surface area contributed by atoms with Gasteiger partial charge >= 0.3 is 0 Å². The number of ketones is 2. The SMILES string of the molecule is C[13CH2]C[13C@H]1C[13CH2]C(=[13C]2C(=O)CCC2=O)O1. The second-order valence-corrected chi connectivity index (χ2v) is 4.21. The van der Waals surface area contributed by atoms with E-state index in [1.54, 1.807) is 0 Å². The van der Waals surface area contributed by atoms with Gasteiger partial charge in [0.1, 0.15) is 5.76 Å². The fourth-order valence-electron chi connectivity index (χ4n) is 2.26. The molecule has 1 atom stereocenters. The fourth-order valence-corrected chi connectivity index (χ4v) is 2.26. The van der Waals surface area contributed by atoms with Crippen LogP contribution in [0.4, 0.5) is 0 Å². The molecule has 0 aromatic heterocycles. The molecular formula is C12H16O3. The summed E-state index contributed by atoms with van der Waals surface area (Å²) in [5.74, 6) is 0.625. The third-order valence-corrected chi connectivity index (χ3v) is 3.03. The summed E-state index contributed by atoms with van der Waals surface area (Å²) in [6, 6.07) is 0. The van der Waals surface area contributed by atoms with Gasteiger partial charge in [-0.15, -0.1) is 0 Å². The van der Waals surface area contributed by atoms with Crippen molar-refractivity contribution >= 4 is 11.6 Å². The van der Waals surface area contributed by atoms with Crippen LogP contribution < -0.4 is 0 Å². The summed E-state index contributed by atoms with van der Waals surface area (Å²) in [6.45, 7) is 2.11. The molecule has 3 heteroatoms. The Morgan fingerprint density at radius 1 is 1.20 bits per heavy atom. The van der Waals surface area contributed by atoms with Crippen LogP contribution in [0.3, 0.4) is 0 Å². The molecule has 2 aliphatic rings. The van der Waals surface area contributed by atoms with Crippen LogP contribution in [0.1, 0.15) is 45.4 Å². The molecule has 1 saturated heterocycles. The van der Waals surface area contributed by atoms with E-state index in [1.165, 1.54) is 0 Å². The highest BCUT2D eigenvalue weighted by Gasteiger charge is 2.33. The lowest BCUT2D eigenvalue weighted by Crippen LogP contribution is -2.07. The molecule has 3 nitrogen and oxygen atoms in total. The minimum atomic E-state index is -0.0212. The van der Waals surface area contributed by atoms with Gasteiger partial charge in [-0.05, 0) is 12.8 Å². The summed E-state index contributed by atoms with van der Waals surface area (Å²) < 4.78 is 5.66. The maximum absolute atomic E-state index is 11.5. The van der Waals surface area contributed by atoms with Crippen LogP contribution in [-0.4, -0.2) is 17.7 Å². The minimum absolute atomic E-state index is 0.0212. The Morgan fingerprint density at radius 2 is 1.87 bits per heavy atom. The first-order valence-corrected chi connectivity index (χ1v) is 5.68. The Balaban J connectivity index is 2.14. The van der Waals surface area contributed by atoms with Crippen molar-refractivity contribution in [2.24, 2.45) is 0 Å². The van der Waals surface area contributed by atoms with Crippen LogP contribution in [0.2, 0.25) is 0 Å². The third-order valence-electron chi connectivity index (χ3n) is 3.03. The number of carbonyl (C=O) groups excluding carboxylic acids is 2. The zero-order valence-corrected chi connectivity index (χ0v) is 9.04. The Kier molecular flexibility index (Phi) is 2.89. The molecule has 1 aliphatic carbocycles. The Hall–Kier alpha value is -1.12. The van der Waals surface area contributed by atoms with Crippen LogP contribution in [0, 0.1) is 0 Å². The van der Waals surface area contributed by atoms with Crippen molar-refractivity contribution < 1.29 is 14.3 Å². The van der Waals surface area contributed by atoms with Crippen molar-refractivity contribution in [3.05, 3.63) is 11.3 Å². The third kappa shape index (κ3) is 1.96. The average molecular weight is 212 g/mol. The first kappa shape index (κ1) is 10.4. The van der Waals surface area contributed by atoms with Crippen molar-refractivity contribution in [2.75, 3.05) is 0 Å². The normalized spacial score (nSPS) is 26.3. The summed E-state index contributed by atoms with van der Waals surface area (Å²) in [6.07, 6.45) is 4.77. The second-order valence-electron chi connectivity index (χ2n) is 4.21. The standard InChI is InChI=1S/C12H16O3/c1-2-3-8-4-7-11(15-8)12-9(13)5-6-10(12)14/h8H,2-7H2,1H3/t8-/m0/s1/i2+1,7+1,8+1,12+1. The van der Waals surface area contributed by atoms with Gasteiger partial charge in [-0.3, -0.25) is 9.59 Å². The van der Waals surface area contributed by atoms with Gasteiger partial charge in [0, 0.05) is 19.3 Å². The predicted molar refractivity (Wildman–Crippen MR) is 55.3 cm³/mol. The number of ether oxygens (including phenoxy) is 1. The molecule has 0 radical (unpaired) electrons. The predicted octanol–water partition coefficient (Wildman–Crippen LogP) is 2.15. The molecule has 0 bridgehead atoms. The number of Topliss-reactive ketones (excluding diaryl/α,β-unsaturated/α-hetero) is 2. The van der Waals surface area contributed by atoms with Crippen molar-refractivity contribution in [1.29, 1.82) is 0 Å². The number of rotatable bonds is 2. The van der Waals surface area contributed by atoms with E-state index in [0.29, 0.717) is 24.2 Å². The van der Waals surface area contributed by atoms with E-state index in [2.05, 4.69) is 6.92 Å². The van der Waals surface area contributed by atoms with Gasteiger partial charge in [0.25, 0.3) is 0 Å². The van der Waals surface area contributed by atoms with E-state index < -0.39 is 0 Å². The number of hydrogen-bond acceptors (Lipinski definition) is 3. The van der Waals surface area contributed by atoms with Gasteiger partial charge in [-0.2, -0.15) is 0 Å². The van der Waals surface area contributed by atoms with E-state index >= 15 is 0 Å². The Bertz CT molecular complexity index is 310. The molecule has 1 heterocycles. The quantitative estimate of drug-likeness (QED) is 0.400. The van der Waals surface area contributed by atoms with Gasteiger partial charge in [-0.1, -0.05) is 13.3 Å². The maximum Gasteiger partial charge on any atom is 0.170 e. The van der Waals surface area contributed by atoms with Crippen LogP contribution >= 0.6 is 0 Å². The zero-order valence-electron chi connectivity index (χ0n) is 9.04. The molecule has 0 N–H and O–H groups in total. The lowest BCUT2D eigenvalue weighted by molar-refractivity contribution is -0.116. The van der Waals surface area contributed by atoms with Crippen molar-refractivity contribution in [3.63, 3.8) is 0 Å². The van der Waals surface area contributed by atoms with E-state index in [0.717, 1.165) is 25.7 Å². The minimum Gasteiger partial charge on any atom is -0.494 e. The molecule has 2 rings (SSSR count). The first-order chi connectivity index (χ1) is 7.22. The second kappa shape index (κ2) is 4.17. The molecule has 1 aliphatic heterocycles. The molecule has 15 heavy (non-hydrogen) atoms. The number of carbonyl (C=O) groups is 2. The van der Waals surface area contributed by atoms with Gasteiger partial charge < -0.3 is 4.74 Å². The Morgan fingerprint density at radius 3 is 2.47 bits per heavy atom. The van der Waals surface area contributed by atoms with Crippen LogP contribution in [0.15, 0.2) is 11.3 Å². The number of hydrogen-bond donors (Lipinski definition) is 0. The molecule has 2 fully saturated rings. The number of allylic oxidation sites excluding steroid dienone is 2. The molecule has 0 spiro atoms. The summed E-state index contributed by atoms with van der Waals surface area (Å²) in [4.78, 5) is 23.0. The highest BCUT2D eigenvalue weighted by molar-refractivity contribution is 6.25. The zero-order chi connectivity index (χ0) is 10.8. The van der Waals surface area contributed by atoms with Crippen molar-refractivity contribution in [3.8, 4) is 0 Å². The van der Waals surface area contributed by atoms with Gasteiger partial charge in [0.05, 0.1) is 11.7 Å². The van der Waals surface area contributed by atoms with E-state index in [-0.39, 0.29) is 17.7 Å². The first-order valence-electron chi connectivity index (χ1n) is 5.68. The molecule has 82 valence electrons. The summed E-state index contributed by atoms with van der Waals surface area (Å²) >= 11 is 0. The highest BCUT2D eigenvalue weighted by atomic mass is 16.6.